The van der Waals surface area contributed by atoms with Gasteiger partial charge in [-0.2, -0.15) is 4.31 Å². The van der Waals surface area contributed by atoms with Gasteiger partial charge in [-0.1, -0.05) is 13.0 Å². The first-order chi connectivity index (χ1) is 7.93. The predicted molar refractivity (Wildman–Crippen MR) is 62.7 cm³/mol. The molecule has 1 aromatic carbocycles. The van der Waals surface area contributed by atoms with E-state index in [1.807, 2.05) is 0 Å². The fraction of sp³-hybridized carbons (Fsp3) is 0.455. The van der Waals surface area contributed by atoms with Crippen LogP contribution in [0.25, 0.3) is 0 Å². The lowest BCUT2D eigenvalue weighted by atomic mass is 10.2. The first kappa shape index (κ1) is 14.1. The van der Waals surface area contributed by atoms with Crippen molar-refractivity contribution in [3.63, 3.8) is 0 Å². The summed E-state index contributed by atoms with van der Waals surface area (Å²) in [5, 5.41) is 8.80. The Morgan fingerprint density at radius 1 is 1.41 bits per heavy atom. The van der Waals surface area contributed by atoms with Gasteiger partial charge in [0.05, 0.1) is 6.61 Å². The highest BCUT2D eigenvalue weighted by Gasteiger charge is 2.25. The molecule has 0 amide bonds. The van der Waals surface area contributed by atoms with Gasteiger partial charge in [-0.15, -0.1) is 0 Å². The van der Waals surface area contributed by atoms with Crippen molar-refractivity contribution in [3.8, 4) is 0 Å². The van der Waals surface area contributed by atoms with E-state index < -0.39 is 15.8 Å². The van der Waals surface area contributed by atoms with Crippen LogP contribution in [-0.4, -0.2) is 37.5 Å². The van der Waals surface area contributed by atoms with Gasteiger partial charge in [-0.3, -0.25) is 0 Å². The third-order valence-corrected chi connectivity index (χ3v) is 4.40. The number of hydrogen-bond acceptors (Lipinski definition) is 3. The first-order valence-electron chi connectivity index (χ1n) is 5.30. The normalized spacial score (nSPS) is 12.1. The SMILES string of the molecule is CCN(CCO)S(=O)(=O)c1cc(C)ccc1F. The van der Waals surface area contributed by atoms with Crippen molar-refractivity contribution in [3.05, 3.63) is 29.6 Å². The third kappa shape index (κ3) is 3.02. The van der Waals surface area contributed by atoms with Crippen LogP contribution >= 0.6 is 0 Å². The quantitative estimate of drug-likeness (QED) is 0.864. The molecule has 0 heterocycles. The lowest BCUT2D eigenvalue weighted by Gasteiger charge is -2.19. The standard InChI is InChI=1S/C11H16FNO3S/c1-3-13(6-7-14)17(15,16)11-8-9(2)4-5-10(11)12/h4-5,8,14H,3,6-7H2,1-2H3. The van der Waals surface area contributed by atoms with Crippen molar-refractivity contribution in [2.75, 3.05) is 19.7 Å². The number of rotatable bonds is 5. The molecule has 1 N–H and O–H groups in total. The molecule has 0 saturated carbocycles. The van der Waals surface area contributed by atoms with Crippen LogP contribution in [0.15, 0.2) is 23.1 Å². The van der Waals surface area contributed by atoms with Gasteiger partial charge in [0.2, 0.25) is 10.0 Å². The fourth-order valence-corrected chi connectivity index (χ4v) is 3.10. The van der Waals surface area contributed by atoms with E-state index in [0.29, 0.717) is 5.56 Å². The summed E-state index contributed by atoms with van der Waals surface area (Å²) in [4.78, 5) is -0.340. The highest BCUT2D eigenvalue weighted by Crippen LogP contribution is 2.20. The van der Waals surface area contributed by atoms with E-state index in [-0.39, 0.29) is 24.6 Å². The van der Waals surface area contributed by atoms with Gasteiger partial charge >= 0.3 is 0 Å². The van der Waals surface area contributed by atoms with Gasteiger partial charge in [0.15, 0.2) is 0 Å². The van der Waals surface area contributed by atoms with Gasteiger partial charge in [0, 0.05) is 13.1 Å². The molecule has 0 fully saturated rings. The van der Waals surface area contributed by atoms with E-state index in [2.05, 4.69) is 0 Å². The van der Waals surface area contributed by atoms with Crippen LogP contribution in [0.3, 0.4) is 0 Å². The molecule has 0 saturated heterocycles. The molecular weight excluding hydrogens is 245 g/mol. The topological polar surface area (TPSA) is 57.6 Å². The second-order valence-corrected chi connectivity index (χ2v) is 5.56. The summed E-state index contributed by atoms with van der Waals surface area (Å²) in [6.07, 6.45) is 0. The Kier molecular flexibility index (Phi) is 4.62. The van der Waals surface area contributed by atoms with Crippen LogP contribution in [0.2, 0.25) is 0 Å². The van der Waals surface area contributed by atoms with Crippen molar-refractivity contribution in [1.29, 1.82) is 0 Å². The maximum absolute atomic E-state index is 13.5. The molecule has 0 atom stereocenters. The molecule has 6 heteroatoms. The van der Waals surface area contributed by atoms with Crippen molar-refractivity contribution in [1.82, 2.24) is 4.31 Å². The van der Waals surface area contributed by atoms with Crippen molar-refractivity contribution in [2.45, 2.75) is 18.7 Å². The predicted octanol–water partition coefficient (Wildman–Crippen LogP) is 1.14. The van der Waals surface area contributed by atoms with Crippen LogP contribution in [0, 0.1) is 12.7 Å². The highest BCUT2D eigenvalue weighted by atomic mass is 32.2. The zero-order valence-electron chi connectivity index (χ0n) is 9.85. The van der Waals surface area contributed by atoms with Crippen molar-refractivity contribution < 1.29 is 17.9 Å². The van der Waals surface area contributed by atoms with E-state index in [0.717, 1.165) is 10.4 Å². The van der Waals surface area contributed by atoms with Gasteiger partial charge < -0.3 is 5.11 Å². The molecule has 0 aliphatic carbocycles. The Morgan fingerprint density at radius 2 is 2.06 bits per heavy atom. The van der Waals surface area contributed by atoms with Gasteiger partial charge in [0.1, 0.15) is 10.7 Å². The molecule has 0 bridgehead atoms. The lowest BCUT2D eigenvalue weighted by molar-refractivity contribution is 0.256. The number of nitrogens with zero attached hydrogens (tertiary/aromatic N) is 1. The minimum Gasteiger partial charge on any atom is -0.395 e. The number of benzene rings is 1. The molecule has 96 valence electrons. The van der Waals surface area contributed by atoms with E-state index in [9.17, 15) is 12.8 Å². The number of aliphatic hydroxyl groups is 1. The number of likely N-dealkylation sites (N-methyl/N-ethyl adjacent to an activating group) is 1. The minimum absolute atomic E-state index is 0.0355. The Morgan fingerprint density at radius 3 is 2.59 bits per heavy atom. The number of halogens is 1. The summed E-state index contributed by atoms with van der Waals surface area (Å²) < 4.78 is 38.8. The van der Waals surface area contributed by atoms with E-state index in [1.165, 1.54) is 12.1 Å². The second-order valence-electron chi connectivity index (χ2n) is 3.65. The van der Waals surface area contributed by atoms with Crippen molar-refractivity contribution in [2.24, 2.45) is 0 Å². The summed E-state index contributed by atoms with van der Waals surface area (Å²) in [6, 6.07) is 3.94. The van der Waals surface area contributed by atoms with Crippen molar-refractivity contribution >= 4 is 10.0 Å². The van der Waals surface area contributed by atoms with Crippen LogP contribution in [0.1, 0.15) is 12.5 Å². The largest absolute Gasteiger partial charge is 0.395 e. The summed E-state index contributed by atoms with van der Waals surface area (Å²) >= 11 is 0. The molecule has 1 rings (SSSR count). The Labute approximate surface area is 101 Å². The average Bonchev–Trinajstić information content (AvgIpc) is 2.28. The number of aliphatic hydroxyl groups excluding tert-OH is 1. The van der Waals surface area contributed by atoms with Gasteiger partial charge in [-0.05, 0) is 24.6 Å². The van der Waals surface area contributed by atoms with E-state index >= 15 is 0 Å². The molecule has 4 nitrogen and oxygen atoms in total. The lowest BCUT2D eigenvalue weighted by Crippen LogP contribution is -2.33. The van der Waals surface area contributed by atoms with E-state index in [4.69, 9.17) is 5.11 Å². The third-order valence-electron chi connectivity index (χ3n) is 2.41. The monoisotopic (exact) mass is 261 g/mol. The summed E-state index contributed by atoms with van der Waals surface area (Å²) in [7, 11) is -3.87. The number of hydrogen-bond donors (Lipinski definition) is 1. The Balaban J connectivity index is 3.24. The molecule has 0 aliphatic heterocycles. The molecule has 0 aromatic heterocycles. The number of sulfonamides is 1. The molecular formula is C11H16FNO3S. The molecule has 0 spiro atoms. The van der Waals surface area contributed by atoms with E-state index in [1.54, 1.807) is 13.8 Å². The fourth-order valence-electron chi connectivity index (χ4n) is 1.51. The average molecular weight is 261 g/mol. The first-order valence-corrected chi connectivity index (χ1v) is 6.74. The molecule has 0 radical (unpaired) electrons. The molecule has 1 aromatic rings. The van der Waals surface area contributed by atoms with Crippen LogP contribution < -0.4 is 0 Å². The Bertz CT molecular complexity index is 487. The summed E-state index contributed by atoms with van der Waals surface area (Å²) in [5.41, 5.74) is 0.671. The van der Waals surface area contributed by atoms with Crippen LogP contribution in [0.4, 0.5) is 4.39 Å². The summed E-state index contributed by atoms with van der Waals surface area (Å²) in [5.74, 6) is -0.771. The molecule has 0 unspecified atom stereocenters. The maximum atomic E-state index is 13.5. The van der Waals surface area contributed by atoms with Crippen LogP contribution in [0.5, 0.6) is 0 Å². The zero-order valence-corrected chi connectivity index (χ0v) is 10.7. The van der Waals surface area contributed by atoms with Crippen LogP contribution in [-0.2, 0) is 10.0 Å². The molecule has 0 aliphatic rings. The minimum atomic E-state index is -3.87. The Hall–Kier alpha value is -0.980. The second kappa shape index (κ2) is 5.57. The van der Waals surface area contributed by atoms with Gasteiger partial charge in [-0.25, -0.2) is 12.8 Å². The van der Waals surface area contributed by atoms with Gasteiger partial charge in [0.25, 0.3) is 0 Å². The zero-order chi connectivity index (χ0) is 13.1. The highest BCUT2D eigenvalue weighted by molar-refractivity contribution is 7.89. The summed E-state index contributed by atoms with van der Waals surface area (Å²) in [6.45, 7) is 3.20. The maximum Gasteiger partial charge on any atom is 0.246 e. The molecule has 17 heavy (non-hydrogen) atoms. The smallest absolute Gasteiger partial charge is 0.246 e. The number of aryl methyl sites for hydroxylation is 1.